The van der Waals surface area contributed by atoms with Crippen molar-refractivity contribution < 1.29 is 23.8 Å². The molecule has 0 aliphatic carbocycles. The molecule has 0 N–H and O–H groups in total. The van der Waals surface area contributed by atoms with Gasteiger partial charge in [0.1, 0.15) is 0 Å². The Bertz CT molecular complexity index is 453. The largest absolute Gasteiger partial charge is 0.493 e. The van der Waals surface area contributed by atoms with Crippen LogP contribution in [-0.4, -0.2) is 32.1 Å². The lowest BCUT2D eigenvalue weighted by atomic mass is 10.1. The highest BCUT2D eigenvalue weighted by Gasteiger charge is 2.19. The van der Waals surface area contributed by atoms with Crippen molar-refractivity contribution in [1.29, 1.82) is 0 Å². The molecule has 19 heavy (non-hydrogen) atoms. The first-order chi connectivity index (χ1) is 9.13. The average molecular weight is 266 g/mol. The number of ketones is 1. The van der Waals surface area contributed by atoms with E-state index >= 15 is 0 Å². The number of rotatable bonds is 7. The van der Waals surface area contributed by atoms with Crippen LogP contribution in [0.1, 0.15) is 30.6 Å². The second kappa shape index (κ2) is 7.41. The first-order valence-corrected chi connectivity index (χ1v) is 6.16. The summed E-state index contributed by atoms with van der Waals surface area (Å²) in [6.45, 7) is 4.36. The number of methoxy groups -OCH3 is 1. The maximum absolute atomic E-state index is 11.8. The fraction of sp³-hybridized carbons (Fsp3) is 0.429. The van der Waals surface area contributed by atoms with E-state index in [4.69, 9.17) is 9.47 Å². The standard InChI is InChI=1S/C14H18O5/c1-4-8-19-11-7-6-10(9-12(11)17-3)13(15)14(16)18-5-2/h6-7,9H,4-5,8H2,1-3H3. The number of ether oxygens (including phenoxy) is 3. The molecule has 0 aromatic heterocycles. The van der Waals surface area contributed by atoms with Crippen LogP contribution in [0.3, 0.4) is 0 Å². The molecule has 0 saturated carbocycles. The number of carbonyl (C=O) groups is 2. The highest BCUT2D eigenvalue weighted by molar-refractivity contribution is 6.40. The normalized spacial score (nSPS) is 9.84. The van der Waals surface area contributed by atoms with Crippen LogP contribution in [0.2, 0.25) is 0 Å². The van der Waals surface area contributed by atoms with Crippen molar-refractivity contribution >= 4 is 11.8 Å². The Hall–Kier alpha value is -2.04. The first kappa shape index (κ1) is 15.0. The van der Waals surface area contributed by atoms with Crippen molar-refractivity contribution in [2.24, 2.45) is 0 Å². The predicted octanol–water partition coefficient (Wildman–Crippen LogP) is 2.23. The SMILES string of the molecule is CCCOc1ccc(C(=O)C(=O)OCC)cc1OC. The van der Waals surface area contributed by atoms with E-state index in [0.29, 0.717) is 18.1 Å². The number of hydrogen-bond acceptors (Lipinski definition) is 5. The predicted molar refractivity (Wildman–Crippen MR) is 69.7 cm³/mol. The minimum atomic E-state index is -0.869. The third kappa shape index (κ3) is 3.98. The van der Waals surface area contributed by atoms with Gasteiger partial charge in [-0.25, -0.2) is 4.79 Å². The molecule has 0 amide bonds. The Labute approximate surface area is 112 Å². The monoisotopic (exact) mass is 266 g/mol. The van der Waals surface area contributed by atoms with Crippen LogP contribution in [0, 0.1) is 0 Å². The molecule has 0 spiro atoms. The van der Waals surface area contributed by atoms with Crippen LogP contribution < -0.4 is 9.47 Å². The van der Waals surface area contributed by atoms with Crippen LogP contribution in [0.5, 0.6) is 11.5 Å². The summed E-state index contributed by atoms with van der Waals surface area (Å²) < 4.78 is 15.3. The summed E-state index contributed by atoms with van der Waals surface area (Å²) in [6, 6.07) is 4.61. The van der Waals surface area contributed by atoms with Crippen LogP contribution in [0.25, 0.3) is 0 Å². The molecule has 0 atom stereocenters. The number of carbonyl (C=O) groups excluding carboxylic acids is 2. The minimum Gasteiger partial charge on any atom is -0.493 e. The zero-order valence-electron chi connectivity index (χ0n) is 11.4. The van der Waals surface area contributed by atoms with Gasteiger partial charge < -0.3 is 14.2 Å². The topological polar surface area (TPSA) is 61.8 Å². The number of hydrogen-bond donors (Lipinski definition) is 0. The van der Waals surface area contributed by atoms with Gasteiger partial charge in [-0.15, -0.1) is 0 Å². The smallest absolute Gasteiger partial charge is 0.379 e. The van der Waals surface area contributed by atoms with E-state index in [9.17, 15) is 9.59 Å². The second-order valence-electron chi connectivity index (χ2n) is 3.76. The van der Waals surface area contributed by atoms with E-state index < -0.39 is 11.8 Å². The van der Waals surface area contributed by atoms with Gasteiger partial charge in [0.2, 0.25) is 0 Å². The maximum Gasteiger partial charge on any atom is 0.379 e. The zero-order valence-corrected chi connectivity index (χ0v) is 11.4. The molecule has 0 bridgehead atoms. The number of Topliss-reactive ketones (excluding diaryl/α,β-unsaturated/α-hetero) is 1. The quantitative estimate of drug-likeness (QED) is 0.430. The molecule has 1 rings (SSSR count). The van der Waals surface area contributed by atoms with E-state index in [1.54, 1.807) is 13.0 Å². The minimum absolute atomic E-state index is 0.166. The molecule has 0 aliphatic rings. The fourth-order valence-corrected chi connectivity index (χ4v) is 1.45. The van der Waals surface area contributed by atoms with Crippen molar-refractivity contribution in [1.82, 2.24) is 0 Å². The first-order valence-electron chi connectivity index (χ1n) is 6.16. The second-order valence-corrected chi connectivity index (χ2v) is 3.76. The molecule has 5 nitrogen and oxygen atoms in total. The molecule has 0 radical (unpaired) electrons. The summed E-state index contributed by atoms with van der Waals surface area (Å²) in [5, 5.41) is 0. The van der Waals surface area contributed by atoms with E-state index in [0.717, 1.165) is 6.42 Å². The summed E-state index contributed by atoms with van der Waals surface area (Å²) in [5.74, 6) is -0.595. The van der Waals surface area contributed by atoms with Gasteiger partial charge in [-0.3, -0.25) is 4.79 Å². The molecule has 1 aromatic rings. The zero-order chi connectivity index (χ0) is 14.3. The van der Waals surface area contributed by atoms with Gasteiger partial charge in [-0.05, 0) is 31.5 Å². The molecule has 0 saturated heterocycles. The van der Waals surface area contributed by atoms with Gasteiger partial charge in [0.05, 0.1) is 20.3 Å². The maximum atomic E-state index is 11.8. The summed E-state index contributed by atoms with van der Waals surface area (Å²) in [4.78, 5) is 23.1. The van der Waals surface area contributed by atoms with E-state index in [1.807, 2.05) is 6.92 Å². The average Bonchev–Trinajstić information content (AvgIpc) is 2.44. The number of benzene rings is 1. The highest BCUT2D eigenvalue weighted by Crippen LogP contribution is 2.28. The molecule has 0 heterocycles. The molecule has 0 unspecified atom stereocenters. The lowest BCUT2D eigenvalue weighted by molar-refractivity contribution is -0.137. The van der Waals surface area contributed by atoms with Gasteiger partial charge in [0.25, 0.3) is 5.78 Å². The Kier molecular flexibility index (Phi) is 5.85. The van der Waals surface area contributed by atoms with Crippen molar-refractivity contribution in [2.75, 3.05) is 20.3 Å². The molecule has 1 aromatic carbocycles. The Morgan fingerprint density at radius 3 is 2.47 bits per heavy atom. The van der Waals surface area contributed by atoms with E-state index in [-0.39, 0.29) is 12.2 Å². The third-order valence-electron chi connectivity index (χ3n) is 2.35. The summed E-state index contributed by atoms with van der Waals surface area (Å²) in [7, 11) is 1.48. The van der Waals surface area contributed by atoms with Crippen LogP contribution in [-0.2, 0) is 9.53 Å². The molecule has 0 aliphatic heterocycles. The summed E-state index contributed by atoms with van der Waals surface area (Å²) >= 11 is 0. The molecular formula is C14H18O5. The molecule has 0 fully saturated rings. The van der Waals surface area contributed by atoms with Crippen LogP contribution in [0.15, 0.2) is 18.2 Å². The molecular weight excluding hydrogens is 248 g/mol. The van der Waals surface area contributed by atoms with Crippen molar-refractivity contribution in [3.05, 3.63) is 23.8 Å². The van der Waals surface area contributed by atoms with Crippen LogP contribution in [0.4, 0.5) is 0 Å². The van der Waals surface area contributed by atoms with Gasteiger partial charge in [0, 0.05) is 5.56 Å². The fourth-order valence-electron chi connectivity index (χ4n) is 1.45. The third-order valence-corrected chi connectivity index (χ3v) is 2.35. The van der Waals surface area contributed by atoms with Gasteiger partial charge in [0.15, 0.2) is 11.5 Å². The van der Waals surface area contributed by atoms with Gasteiger partial charge in [-0.1, -0.05) is 6.92 Å². The highest BCUT2D eigenvalue weighted by atomic mass is 16.5. The van der Waals surface area contributed by atoms with E-state index in [2.05, 4.69) is 4.74 Å². The van der Waals surface area contributed by atoms with E-state index in [1.165, 1.54) is 19.2 Å². The molecule has 104 valence electrons. The lowest BCUT2D eigenvalue weighted by Crippen LogP contribution is -2.17. The Morgan fingerprint density at radius 2 is 1.89 bits per heavy atom. The Balaban J connectivity index is 2.92. The van der Waals surface area contributed by atoms with Gasteiger partial charge >= 0.3 is 5.97 Å². The summed E-state index contributed by atoms with van der Waals surface area (Å²) in [6.07, 6.45) is 0.868. The van der Waals surface area contributed by atoms with Gasteiger partial charge in [-0.2, -0.15) is 0 Å². The Morgan fingerprint density at radius 1 is 1.16 bits per heavy atom. The van der Waals surface area contributed by atoms with Crippen molar-refractivity contribution in [3.8, 4) is 11.5 Å². The number of esters is 1. The summed E-state index contributed by atoms with van der Waals surface area (Å²) in [5.41, 5.74) is 0.221. The van der Waals surface area contributed by atoms with Crippen molar-refractivity contribution in [2.45, 2.75) is 20.3 Å². The lowest BCUT2D eigenvalue weighted by Gasteiger charge is -2.11. The van der Waals surface area contributed by atoms with Crippen LogP contribution >= 0.6 is 0 Å². The van der Waals surface area contributed by atoms with Crippen molar-refractivity contribution in [3.63, 3.8) is 0 Å². The molecule has 5 heteroatoms.